The van der Waals surface area contributed by atoms with Gasteiger partial charge in [0.25, 0.3) is 0 Å². The molecule has 2 rings (SSSR count). The molecule has 0 radical (unpaired) electrons. The number of hydrogen-bond donors (Lipinski definition) is 1. The molecule has 0 aliphatic rings. The van der Waals surface area contributed by atoms with Crippen LogP contribution in [0.25, 0.3) is 5.69 Å². The summed E-state index contributed by atoms with van der Waals surface area (Å²) in [5.41, 5.74) is 2.37. The smallest absolute Gasteiger partial charge is 0.211 e. The minimum Gasteiger partial charge on any atom is -0.329 e. The maximum atomic E-state index is 10.3. The van der Waals surface area contributed by atoms with Crippen molar-refractivity contribution in [1.29, 1.82) is 0 Å². The molecular weight excluding hydrogens is 226 g/mol. The highest BCUT2D eigenvalue weighted by Crippen LogP contribution is 2.23. The van der Waals surface area contributed by atoms with Crippen molar-refractivity contribution < 1.29 is 4.79 Å². The van der Waals surface area contributed by atoms with Crippen LogP contribution in [0.2, 0.25) is 5.02 Å². The number of aryl methyl sites for hydroxylation is 1. The van der Waals surface area contributed by atoms with Gasteiger partial charge in [-0.3, -0.25) is 4.79 Å². The molecule has 0 saturated heterocycles. The Morgan fingerprint density at radius 3 is 2.81 bits per heavy atom. The molecule has 0 aliphatic heterocycles. The van der Waals surface area contributed by atoms with E-state index in [1.165, 1.54) is 0 Å². The van der Waals surface area contributed by atoms with Crippen molar-refractivity contribution in [2.75, 3.05) is 5.32 Å². The summed E-state index contributed by atoms with van der Waals surface area (Å²) in [7, 11) is 0. The second-order valence-electron chi connectivity index (χ2n) is 3.33. The second-order valence-corrected chi connectivity index (χ2v) is 3.74. The molecule has 1 aromatic heterocycles. The van der Waals surface area contributed by atoms with E-state index in [-0.39, 0.29) is 0 Å². The van der Waals surface area contributed by atoms with Crippen molar-refractivity contribution in [3.05, 3.63) is 41.2 Å². The van der Waals surface area contributed by atoms with Crippen molar-refractivity contribution in [1.82, 2.24) is 9.78 Å². The molecule has 0 atom stereocenters. The number of aromatic nitrogens is 2. The van der Waals surface area contributed by atoms with Gasteiger partial charge in [-0.05, 0) is 31.2 Å². The summed E-state index contributed by atoms with van der Waals surface area (Å²) in [6.45, 7) is 1.91. The average molecular weight is 236 g/mol. The number of carbonyl (C=O) groups is 1. The lowest BCUT2D eigenvalue weighted by molar-refractivity contribution is -0.105. The number of benzene rings is 1. The third kappa shape index (κ3) is 2.06. The van der Waals surface area contributed by atoms with Crippen LogP contribution in [-0.2, 0) is 4.79 Å². The molecule has 4 nitrogen and oxygen atoms in total. The lowest BCUT2D eigenvalue weighted by atomic mass is 10.3. The standard InChI is InChI=1S/C11H10ClN3O/c1-8-4-5-15(14-8)11-3-2-9(13-7-16)6-10(11)12/h2-7H,1H3,(H,13,16). The van der Waals surface area contributed by atoms with Crippen LogP contribution >= 0.6 is 11.6 Å². The first kappa shape index (κ1) is 10.7. The molecule has 1 N–H and O–H groups in total. The van der Waals surface area contributed by atoms with Crippen molar-refractivity contribution in [3.8, 4) is 5.69 Å². The van der Waals surface area contributed by atoms with Crippen LogP contribution in [0.5, 0.6) is 0 Å². The van der Waals surface area contributed by atoms with Crippen molar-refractivity contribution in [3.63, 3.8) is 0 Å². The highest BCUT2D eigenvalue weighted by atomic mass is 35.5. The molecular formula is C11H10ClN3O. The monoisotopic (exact) mass is 235 g/mol. The van der Waals surface area contributed by atoms with Gasteiger partial charge in [0.1, 0.15) is 0 Å². The van der Waals surface area contributed by atoms with Crippen LogP contribution < -0.4 is 5.32 Å². The van der Waals surface area contributed by atoms with Gasteiger partial charge in [-0.25, -0.2) is 4.68 Å². The number of carbonyl (C=O) groups excluding carboxylic acids is 1. The predicted molar refractivity (Wildman–Crippen MR) is 63.0 cm³/mol. The summed E-state index contributed by atoms with van der Waals surface area (Å²) < 4.78 is 1.70. The van der Waals surface area contributed by atoms with Crippen LogP contribution in [0.15, 0.2) is 30.5 Å². The Balaban J connectivity index is 2.39. The quantitative estimate of drug-likeness (QED) is 0.831. The van der Waals surface area contributed by atoms with Crippen LogP contribution in [-0.4, -0.2) is 16.2 Å². The van der Waals surface area contributed by atoms with E-state index in [1.54, 1.807) is 22.9 Å². The lowest BCUT2D eigenvalue weighted by Crippen LogP contribution is -1.98. The molecule has 16 heavy (non-hydrogen) atoms. The van der Waals surface area contributed by atoms with Gasteiger partial charge < -0.3 is 5.32 Å². The van der Waals surface area contributed by atoms with E-state index < -0.39 is 0 Å². The fourth-order valence-electron chi connectivity index (χ4n) is 1.40. The number of nitrogens with zero attached hydrogens (tertiary/aromatic N) is 2. The van der Waals surface area contributed by atoms with E-state index >= 15 is 0 Å². The van der Waals surface area contributed by atoms with E-state index in [0.29, 0.717) is 17.1 Å². The molecule has 0 saturated carbocycles. The van der Waals surface area contributed by atoms with Gasteiger partial charge in [-0.2, -0.15) is 5.10 Å². The van der Waals surface area contributed by atoms with Crippen LogP contribution in [0.1, 0.15) is 5.69 Å². The Morgan fingerprint density at radius 1 is 1.44 bits per heavy atom. The third-order valence-electron chi connectivity index (χ3n) is 2.14. The molecule has 1 heterocycles. The Bertz CT molecular complexity index is 522. The van der Waals surface area contributed by atoms with Crippen molar-refractivity contribution in [2.24, 2.45) is 0 Å². The largest absolute Gasteiger partial charge is 0.329 e. The Labute approximate surface area is 97.8 Å². The molecule has 1 amide bonds. The molecule has 0 fully saturated rings. The van der Waals surface area contributed by atoms with E-state index in [2.05, 4.69) is 10.4 Å². The first-order valence-corrected chi connectivity index (χ1v) is 5.11. The van der Waals surface area contributed by atoms with E-state index in [9.17, 15) is 4.79 Å². The van der Waals surface area contributed by atoms with Gasteiger partial charge >= 0.3 is 0 Å². The van der Waals surface area contributed by atoms with Gasteiger partial charge in [-0.15, -0.1) is 0 Å². The fourth-order valence-corrected chi connectivity index (χ4v) is 1.67. The van der Waals surface area contributed by atoms with Crippen molar-refractivity contribution in [2.45, 2.75) is 6.92 Å². The number of rotatable bonds is 3. The summed E-state index contributed by atoms with van der Waals surface area (Å²) >= 11 is 6.09. The first-order chi connectivity index (χ1) is 7.70. The summed E-state index contributed by atoms with van der Waals surface area (Å²) in [4.78, 5) is 10.3. The summed E-state index contributed by atoms with van der Waals surface area (Å²) in [5.74, 6) is 0. The normalized spacial score (nSPS) is 10.1. The maximum Gasteiger partial charge on any atom is 0.211 e. The van der Waals surface area contributed by atoms with E-state index in [0.717, 1.165) is 11.4 Å². The van der Waals surface area contributed by atoms with E-state index in [4.69, 9.17) is 11.6 Å². The minimum absolute atomic E-state index is 0.537. The SMILES string of the molecule is Cc1ccn(-c2ccc(NC=O)cc2Cl)n1. The van der Waals surface area contributed by atoms with Crippen LogP contribution in [0, 0.1) is 6.92 Å². The zero-order valence-corrected chi connectivity index (χ0v) is 9.40. The molecule has 2 aromatic rings. The molecule has 1 aromatic carbocycles. The molecule has 5 heteroatoms. The molecule has 0 spiro atoms. The molecule has 0 unspecified atom stereocenters. The lowest BCUT2D eigenvalue weighted by Gasteiger charge is -2.06. The number of amides is 1. The average Bonchev–Trinajstić information content (AvgIpc) is 2.65. The van der Waals surface area contributed by atoms with Gasteiger partial charge in [0.05, 0.1) is 16.4 Å². The molecule has 82 valence electrons. The molecule has 0 aliphatic carbocycles. The minimum atomic E-state index is 0.537. The maximum absolute atomic E-state index is 10.3. The van der Waals surface area contributed by atoms with Gasteiger partial charge in [0.2, 0.25) is 6.41 Å². The second kappa shape index (κ2) is 4.37. The number of hydrogen-bond acceptors (Lipinski definition) is 2. The Kier molecular flexibility index (Phi) is 2.92. The first-order valence-electron chi connectivity index (χ1n) is 4.73. The topological polar surface area (TPSA) is 46.9 Å². The van der Waals surface area contributed by atoms with Gasteiger partial charge in [0, 0.05) is 11.9 Å². The van der Waals surface area contributed by atoms with Gasteiger partial charge in [0.15, 0.2) is 0 Å². The highest BCUT2D eigenvalue weighted by Gasteiger charge is 2.04. The number of anilines is 1. The summed E-state index contributed by atoms with van der Waals surface area (Å²) in [5, 5.41) is 7.33. The van der Waals surface area contributed by atoms with Crippen LogP contribution in [0.3, 0.4) is 0 Å². The van der Waals surface area contributed by atoms with Crippen LogP contribution in [0.4, 0.5) is 5.69 Å². The predicted octanol–water partition coefficient (Wildman–Crippen LogP) is 2.40. The summed E-state index contributed by atoms with van der Waals surface area (Å²) in [6, 6.07) is 7.16. The van der Waals surface area contributed by atoms with Crippen molar-refractivity contribution >= 4 is 23.7 Å². The zero-order valence-electron chi connectivity index (χ0n) is 8.64. The van der Waals surface area contributed by atoms with Gasteiger partial charge in [-0.1, -0.05) is 11.6 Å². The molecule has 0 bridgehead atoms. The Hall–Kier alpha value is -1.81. The highest BCUT2D eigenvalue weighted by molar-refractivity contribution is 6.32. The van der Waals surface area contributed by atoms with E-state index in [1.807, 2.05) is 19.2 Å². The number of halogens is 1. The summed E-state index contributed by atoms with van der Waals surface area (Å²) in [6.07, 6.45) is 2.45. The number of nitrogens with one attached hydrogen (secondary N) is 1. The Morgan fingerprint density at radius 2 is 2.25 bits per heavy atom. The zero-order chi connectivity index (χ0) is 11.5. The third-order valence-corrected chi connectivity index (χ3v) is 2.45. The fraction of sp³-hybridized carbons (Fsp3) is 0.0909.